The van der Waals surface area contributed by atoms with E-state index in [1.807, 2.05) is 36.2 Å². The molecular formula is C23H28ClN3O2. The highest BCUT2D eigenvalue weighted by Crippen LogP contribution is 2.26. The van der Waals surface area contributed by atoms with Gasteiger partial charge in [-0.2, -0.15) is 0 Å². The number of rotatable bonds is 3. The van der Waals surface area contributed by atoms with E-state index < -0.39 is 0 Å². The van der Waals surface area contributed by atoms with E-state index in [9.17, 15) is 9.59 Å². The zero-order valence-corrected chi connectivity index (χ0v) is 18.2. The number of piperazine rings is 1. The van der Waals surface area contributed by atoms with Gasteiger partial charge in [0, 0.05) is 37.3 Å². The van der Waals surface area contributed by atoms with Crippen LogP contribution in [0, 0.1) is 0 Å². The number of hydrogen-bond donors (Lipinski definition) is 1. The number of likely N-dealkylation sites (N-methyl/N-ethyl adjacent to an activating group) is 1. The molecule has 0 radical (unpaired) electrons. The van der Waals surface area contributed by atoms with Crippen LogP contribution >= 0.6 is 11.6 Å². The van der Waals surface area contributed by atoms with Crippen LogP contribution < -0.4 is 5.32 Å². The minimum Gasteiger partial charge on any atom is -0.336 e. The lowest BCUT2D eigenvalue weighted by Crippen LogP contribution is -2.47. The summed E-state index contributed by atoms with van der Waals surface area (Å²) in [5.74, 6) is -0.295. The Balaban J connectivity index is 1.74. The summed E-state index contributed by atoms with van der Waals surface area (Å²) in [6, 6.07) is 12.6. The van der Waals surface area contributed by atoms with Crippen molar-refractivity contribution in [3.63, 3.8) is 0 Å². The van der Waals surface area contributed by atoms with Gasteiger partial charge < -0.3 is 15.1 Å². The summed E-state index contributed by atoms with van der Waals surface area (Å²) in [5, 5.41) is 3.24. The highest BCUT2D eigenvalue weighted by molar-refractivity contribution is 6.34. The average molecular weight is 414 g/mol. The molecule has 29 heavy (non-hydrogen) atoms. The van der Waals surface area contributed by atoms with Crippen LogP contribution in [0.2, 0.25) is 5.02 Å². The van der Waals surface area contributed by atoms with Gasteiger partial charge in [-0.3, -0.25) is 9.59 Å². The summed E-state index contributed by atoms with van der Waals surface area (Å²) in [5.41, 5.74) is 2.70. The Morgan fingerprint density at radius 2 is 1.52 bits per heavy atom. The van der Waals surface area contributed by atoms with Gasteiger partial charge in [-0.25, -0.2) is 0 Å². The van der Waals surface area contributed by atoms with E-state index in [2.05, 4.69) is 31.0 Å². The Bertz CT molecular complexity index is 895. The SMILES string of the molecule is CN1CCN(C(=O)c2ccc(Cl)c(NC(=O)c3ccc(C(C)(C)C)cc3)c2)CC1. The van der Waals surface area contributed by atoms with Gasteiger partial charge in [0.2, 0.25) is 0 Å². The number of halogens is 1. The smallest absolute Gasteiger partial charge is 0.255 e. The minimum absolute atomic E-state index is 0.0241. The largest absolute Gasteiger partial charge is 0.336 e. The Morgan fingerprint density at radius 3 is 2.10 bits per heavy atom. The molecule has 1 N–H and O–H groups in total. The number of nitrogens with zero attached hydrogens (tertiary/aromatic N) is 2. The zero-order valence-electron chi connectivity index (χ0n) is 17.5. The first-order chi connectivity index (χ1) is 13.6. The lowest BCUT2D eigenvalue weighted by Gasteiger charge is -2.32. The molecule has 0 unspecified atom stereocenters. The molecule has 1 aliphatic rings. The topological polar surface area (TPSA) is 52.6 Å². The van der Waals surface area contributed by atoms with Gasteiger partial charge >= 0.3 is 0 Å². The molecule has 0 spiro atoms. The molecule has 0 saturated carbocycles. The standard InChI is InChI=1S/C23H28ClN3O2/c1-23(2,3)18-8-5-16(6-9-18)21(28)25-20-15-17(7-10-19(20)24)22(29)27-13-11-26(4)12-14-27/h5-10,15H,11-14H2,1-4H3,(H,25,28). The Hall–Kier alpha value is -2.37. The maximum atomic E-state index is 12.8. The molecule has 154 valence electrons. The third kappa shape index (κ3) is 5.17. The normalized spacial score (nSPS) is 15.3. The van der Waals surface area contributed by atoms with E-state index >= 15 is 0 Å². The van der Waals surface area contributed by atoms with E-state index in [1.54, 1.807) is 18.2 Å². The molecule has 3 rings (SSSR count). The molecule has 1 aliphatic heterocycles. The molecule has 5 nitrogen and oxygen atoms in total. The number of carbonyl (C=O) groups is 2. The van der Waals surface area contributed by atoms with Crippen molar-refractivity contribution in [2.24, 2.45) is 0 Å². The Labute approximate surface area is 177 Å². The summed E-state index contributed by atoms with van der Waals surface area (Å²) < 4.78 is 0. The number of carbonyl (C=O) groups excluding carboxylic acids is 2. The van der Waals surface area contributed by atoms with Gasteiger partial charge in [0.1, 0.15) is 0 Å². The van der Waals surface area contributed by atoms with E-state index in [0.29, 0.717) is 34.9 Å². The van der Waals surface area contributed by atoms with Crippen molar-refractivity contribution in [3.8, 4) is 0 Å². The first-order valence-electron chi connectivity index (χ1n) is 9.84. The minimum atomic E-state index is -0.253. The van der Waals surface area contributed by atoms with Crippen molar-refractivity contribution in [3.05, 3.63) is 64.2 Å². The molecular weight excluding hydrogens is 386 g/mol. The fourth-order valence-electron chi connectivity index (χ4n) is 3.26. The molecule has 0 aliphatic carbocycles. The Kier molecular flexibility index (Phi) is 6.30. The first-order valence-corrected chi connectivity index (χ1v) is 10.2. The molecule has 6 heteroatoms. The number of amides is 2. The van der Waals surface area contributed by atoms with E-state index in [4.69, 9.17) is 11.6 Å². The summed E-state index contributed by atoms with van der Waals surface area (Å²) in [6.45, 7) is 9.49. The van der Waals surface area contributed by atoms with Crippen LogP contribution in [0.3, 0.4) is 0 Å². The molecule has 2 aromatic carbocycles. The third-order valence-corrected chi connectivity index (χ3v) is 5.59. The molecule has 0 atom stereocenters. The van der Waals surface area contributed by atoms with Gasteiger partial charge in [0.15, 0.2) is 0 Å². The second-order valence-corrected chi connectivity index (χ2v) is 8.98. The summed E-state index contributed by atoms with van der Waals surface area (Å²) in [7, 11) is 2.05. The monoisotopic (exact) mass is 413 g/mol. The molecule has 1 saturated heterocycles. The van der Waals surface area contributed by atoms with Crippen molar-refractivity contribution in [1.82, 2.24) is 9.80 Å². The fourth-order valence-corrected chi connectivity index (χ4v) is 3.43. The van der Waals surface area contributed by atoms with Crippen molar-refractivity contribution >= 4 is 29.1 Å². The second-order valence-electron chi connectivity index (χ2n) is 8.57. The third-order valence-electron chi connectivity index (χ3n) is 5.27. The van der Waals surface area contributed by atoms with E-state index in [-0.39, 0.29) is 17.2 Å². The molecule has 2 amide bonds. The van der Waals surface area contributed by atoms with Crippen molar-refractivity contribution < 1.29 is 9.59 Å². The molecule has 0 bridgehead atoms. The van der Waals surface area contributed by atoms with Crippen LogP contribution in [0.15, 0.2) is 42.5 Å². The van der Waals surface area contributed by atoms with Crippen molar-refractivity contribution in [2.75, 3.05) is 38.5 Å². The predicted octanol–water partition coefficient (Wildman–Crippen LogP) is 4.28. The summed E-state index contributed by atoms with van der Waals surface area (Å²) in [4.78, 5) is 29.5. The first kappa shape index (κ1) is 21.3. The highest BCUT2D eigenvalue weighted by Gasteiger charge is 2.21. The van der Waals surface area contributed by atoms with Crippen molar-refractivity contribution in [2.45, 2.75) is 26.2 Å². The van der Waals surface area contributed by atoms with E-state index in [0.717, 1.165) is 18.7 Å². The second kappa shape index (κ2) is 8.56. The predicted molar refractivity (Wildman–Crippen MR) is 118 cm³/mol. The van der Waals surface area contributed by atoms with Crippen LogP contribution in [-0.2, 0) is 5.41 Å². The maximum Gasteiger partial charge on any atom is 0.255 e. The van der Waals surface area contributed by atoms with Gasteiger partial charge in [-0.1, -0.05) is 44.5 Å². The molecule has 2 aromatic rings. The van der Waals surface area contributed by atoms with Gasteiger partial charge in [0.05, 0.1) is 10.7 Å². The zero-order chi connectivity index (χ0) is 21.2. The van der Waals surface area contributed by atoms with Gasteiger partial charge in [-0.05, 0) is 48.4 Å². The Morgan fingerprint density at radius 1 is 0.931 bits per heavy atom. The number of anilines is 1. The number of benzene rings is 2. The molecule has 1 fully saturated rings. The lowest BCUT2D eigenvalue weighted by molar-refractivity contribution is 0.0664. The number of hydrogen-bond acceptors (Lipinski definition) is 3. The quantitative estimate of drug-likeness (QED) is 0.817. The number of nitrogens with one attached hydrogen (secondary N) is 1. The average Bonchev–Trinajstić information content (AvgIpc) is 2.69. The fraction of sp³-hybridized carbons (Fsp3) is 0.391. The van der Waals surface area contributed by atoms with Crippen LogP contribution in [0.1, 0.15) is 47.1 Å². The van der Waals surface area contributed by atoms with Crippen LogP contribution in [0.5, 0.6) is 0 Å². The summed E-state index contributed by atoms with van der Waals surface area (Å²) in [6.07, 6.45) is 0. The van der Waals surface area contributed by atoms with Gasteiger partial charge in [-0.15, -0.1) is 0 Å². The van der Waals surface area contributed by atoms with Crippen LogP contribution in [0.4, 0.5) is 5.69 Å². The molecule has 1 heterocycles. The van der Waals surface area contributed by atoms with Gasteiger partial charge in [0.25, 0.3) is 11.8 Å². The summed E-state index contributed by atoms with van der Waals surface area (Å²) >= 11 is 6.28. The van der Waals surface area contributed by atoms with E-state index in [1.165, 1.54) is 0 Å². The lowest BCUT2D eigenvalue weighted by atomic mass is 9.87. The maximum absolute atomic E-state index is 12.8. The van der Waals surface area contributed by atoms with Crippen molar-refractivity contribution in [1.29, 1.82) is 0 Å². The highest BCUT2D eigenvalue weighted by atomic mass is 35.5. The van der Waals surface area contributed by atoms with Crippen LogP contribution in [0.25, 0.3) is 0 Å². The molecule has 0 aromatic heterocycles. The van der Waals surface area contributed by atoms with Crippen LogP contribution in [-0.4, -0.2) is 54.8 Å².